The molecule has 0 saturated carbocycles. The number of benzene rings is 1. The Morgan fingerprint density at radius 3 is 2.58 bits per heavy atom. The maximum absolute atomic E-state index is 15.0. The zero-order valence-corrected chi connectivity index (χ0v) is 20.8. The van der Waals surface area contributed by atoms with Crippen LogP contribution in [0.3, 0.4) is 0 Å². The molecule has 4 aromatic heterocycles. The number of nitrogens with zero attached hydrogens (tertiary/aromatic N) is 6. The molecule has 2 N–H and O–H groups in total. The first-order valence-electron chi connectivity index (χ1n) is 12.0. The summed E-state index contributed by atoms with van der Waals surface area (Å²) < 4.78 is 70.1. The van der Waals surface area contributed by atoms with Gasteiger partial charge in [0.15, 0.2) is 34.9 Å². The van der Waals surface area contributed by atoms with Gasteiger partial charge in [-0.05, 0) is 32.0 Å². The molecule has 40 heavy (non-hydrogen) atoms. The van der Waals surface area contributed by atoms with Crippen LogP contribution in [0.4, 0.5) is 23.2 Å². The van der Waals surface area contributed by atoms with Crippen molar-refractivity contribution in [3.05, 3.63) is 82.7 Å². The Kier molecular flexibility index (Phi) is 6.02. The highest BCUT2D eigenvalue weighted by Crippen LogP contribution is 2.45. The number of halogens is 4. The predicted molar refractivity (Wildman–Crippen MR) is 133 cm³/mol. The van der Waals surface area contributed by atoms with Crippen molar-refractivity contribution in [3.8, 4) is 17.4 Å². The molecule has 11 nitrogen and oxygen atoms in total. The third-order valence-corrected chi connectivity index (χ3v) is 6.16. The van der Waals surface area contributed by atoms with Crippen molar-refractivity contribution in [1.29, 1.82) is 0 Å². The Labute approximate surface area is 222 Å². The molecule has 1 fully saturated rings. The molecule has 1 aliphatic heterocycles. The summed E-state index contributed by atoms with van der Waals surface area (Å²) in [7, 11) is 0. The predicted octanol–water partition coefficient (Wildman–Crippen LogP) is 4.74. The highest BCUT2D eigenvalue weighted by molar-refractivity contribution is 5.78. The van der Waals surface area contributed by atoms with Gasteiger partial charge in [0.1, 0.15) is 11.6 Å². The molecule has 1 saturated heterocycles. The van der Waals surface area contributed by atoms with E-state index in [1.807, 2.05) is 13.8 Å². The molecular weight excluding hydrogens is 536 g/mol. The van der Waals surface area contributed by atoms with Crippen LogP contribution in [-0.2, 0) is 10.9 Å². The number of aromatic amines is 1. The molecule has 6 rings (SSSR count). The van der Waals surface area contributed by atoms with E-state index >= 15 is 4.39 Å². The standard InChI is InChI=1S/C25H20F4N8O3/c1-12(2)36-18-17(6-9-30-21(18)35-24(36)38)39-16-5-4-13(10-15(16)26)34-22-19(40-22)14-11-33-37(20(14)25(27,28)29)23-31-7-3-8-32-23/h3-12,19,22,34H,1-2H3,(H,30,35,38). The van der Waals surface area contributed by atoms with Crippen LogP contribution in [0.15, 0.2) is 59.9 Å². The molecule has 2 unspecified atom stereocenters. The van der Waals surface area contributed by atoms with Gasteiger partial charge in [-0.15, -0.1) is 0 Å². The lowest BCUT2D eigenvalue weighted by molar-refractivity contribution is -0.143. The van der Waals surface area contributed by atoms with Crippen molar-refractivity contribution >= 4 is 16.9 Å². The topological polar surface area (TPSA) is 128 Å². The molecule has 2 atom stereocenters. The van der Waals surface area contributed by atoms with E-state index in [9.17, 15) is 18.0 Å². The van der Waals surface area contributed by atoms with E-state index in [1.54, 1.807) is 0 Å². The molecule has 5 heterocycles. The third kappa shape index (κ3) is 4.53. The Morgan fingerprint density at radius 2 is 1.88 bits per heavy atom. The number of alkyl halides is 3. The number of epoxide rings is 1. The number of hydrogen-bond donors (Lipinski definition) is 2. The van der Waals surface area contributed by atoms with Crippen molar-refractivity contribution < 1.29 is 27.0 Å². The molecule has 15 heteroatoms. The maximum atomic E-state index is 15.0. The summed E-state index contributed by atoms with van der Waals surface area (Å²) in [6, 6.07) is 6.77. The summed E-state index contributed by atoms with van der Waals surface area (Å²) >= 11 is 0. The monoisotopic (exact) mass is 556 g/mol. The van der Waals surface area contributed by atoms with Gasteiger partial charge < -0.3 is 14.8 Å². The highest BCUT2D eigenvalue weighted by Gasteiger charge is 2.49. The molecule has 0 spiro atoms. The number of hydrogen-bond acceptors (Lipinski definition) is 8. The Hall–Kier alpha value is -4.79. The van der Waals surface area contributed by atoms with Crippen LogP contribution in [0.5, 0.6) is 11.5 Å². The number of rotatable bonds is 7. The van der Waals surface area contributed by atoms with Gasteiger partial charge in [-0.1, -0.05) is 0 Å². The fourth-order valence-electron chi connectivity index (χ4n) is 4.42. The van der Waals surface area contributed by atoms with Gasteiger partial charge in [-0.3, -0.25) is 9.55 Å². The van der Waals surface area contributed by atoms with E-state index in [-0.39, 0.29) is 40.4 Å². The van der Waals surface area contributed by atoms with Gasteiger partial charge in [-0.25, -0.2) is 24.1 Å². The summed E-state index contributed by atoms with van der Waals surface area (Å²) in [4.78, 5) is 26.8. The van der Waals surface area contributed by atoms with E-state index in [4.69, 9.17) is 9.47 Å². The largest absolute Gasteiger partial charge is 0.452 e. The van der Waals surface area contributed by atoms with Gasteiger partial charge in [0.25, 0.3) is 5.95 Å². The molecule has 0 radical (unpaired) electrons. The van der Waals surface area contributed by atoms with Gasteiger partial charge in [-0.2, -0.15) is 23.0 Å². The van der Waals surface area contributed by atoms with Crippen molar-refractivity contribution in [2.45, 2.75) is 38.4 Å². The molecule has 1 aromatic carbocycles. The minimum atomic E-state index is -4.76. The number of fused-ring (bicyclic) bond motifs is 1. The van der Waals surface area contributed by atoms with E-state index in [2.05, 4.69) is 30.4 Å². The zero-order valence-electron chi connectivity index (χ0n) is 20.8. The molecule has 5 aromatic rings. The summed E-state index contributed by atoms with van der Waals surface area (Å²) in [6.45, 7) is 3.63. The fourth-order valence-corrected chi connectivity index (χ4v) is 4.42. The second kappa shape index (κ2) is 9.44. The summed E-state index contributed by atoms with van der Waals surface area (Å²) in [5.41, 5.74) is -0.695. The number of imidazole rings is 1. The van der Waals surface area contributed by atoms with Crippen LogP contribution in [0.1, 0.15) is 37.3 Å². The number of anilines is 1. The molecule has 0 bridgehead atoms. The molecule has 1 aliphatic rings. The van der Waals surface area contributed by atoms with Crippen LogP contribution >= 0.6 is 0 Å². The van der Waals surface area contributed by atoms with E-state index in [0.717, 1.165) is 12.3 Å². The lowest BCUT2D eigenvalue weighted by Gasteiger charge is -2.13. The second-order valence-electron chi connectivity index (χ2n) is 9.18. The normalized spacial score (nSPS) is 17.0. The quantitative estimate of drug-likeness (QED) is 0.217. The summed E-state index contributed by atoms with van der Waals surface area (Å²) in [6.07, 6.45) is -1.51. The lowest BCUT2D eigenvalue weighted by Crippen LogP contribution is -2.18. The van der Waals surface area contributed by atoms with E-state index < -0.39 is 30.0 Å². The van der Waals surface area contributed by atoms with Gasteiger partial charge >= 0.3 is 11.9 Å². The molecule has 206 valence electrons. The fraction of sp³-hybridized carbons (Fsp3) is 0.240. The number of pyridine rings is 1. The van der Waals surface area contributed by atoms with Crippen LogP contribution in [0.2, 0.25) is 0 Å². The van der Waals surface area contributed by atoms with Crippen molar-refractivity contribution in [1.82, 2.24) is 34.3 Å². The minimum Gasteiger partial charge on any atom is -0.452 e. The molecule has 0 aliphatic carbocycles. The van der Waals surface area contributed by atoms with E-state index in [1.165, 1.54) is 47.4 Å². The second-order valence-corrected chi connectivity index (χ2v) is 9.18. The number of nitrogens with one attached hydrogen (secondary N) is 2. The first kappa shape index (κ1) is 25.5. The van der Waals surface area contributed by atoms with Gasteiger partial charge in [0, 0.05) is 48.0 Å². The minimum absolute atomic E-state index is 0.126. The van der Waals surface area contributed by atoms with Gasteiger partial charge in [0.2, 0.25) is 0 Å². The first-order valence-corrected chi connectivity index (χ1v) is 12.0. The van der Waals surface area contributed by atoms with E-state index in [0.29, 0.717) is 15.8 Å². The average Bonchev–Trinajstić information content (AvgIpc) is 3.34. The zero-order chi connectivity index (χ0) is 28.2. The van der Waals surface area contributed by atoms with Crippen LogP contribution < -0.4 is 15.7 Å². The van der Waals surface area contributed by atoms with Crippen molar-refractivity contribution in [2.24, 2.45) is 0 Å². The highest BCUT2D eigenvalue weighted by atomic mass is 19.4. The summed E-state index contributed by atoms with van der Waals surface area (Å²) in [5.74, 6) is -0.883. The van der Waals surface area contributed by atoms with Crippen molar-refractivity contribution in [3.63, 3.8) is 0 Å². The Bertz CT molecular complexity index is 1760. The number of H-pyrrole nitrogens is 1. The summed E-state index contributed by atoms with van der Waals surface area (Å²) in [5, 5.41) is 6.69. The smallest absolute Gasteiger partial charge is 0.433 e. The van der Waals surface area contributed by atoms with Crippen LogP contribution in [-0.4, -0.2) is 40.5 Å². The maximum Gasteiger partial charge on any atom is 0.433 e. The SMILES string of the molecule is CC(C)n1c(=O)[nH]c2nccc(Oc3ccc(NC4OC4c4cnn(-c5ncccn5)c4C(F)(F)F)cc3F)c21. The van der Waals surface area contributed by atoms with Crippen LogP contribution in [0.25, 0.3) is 17.1 Å². The molecule has 0 amide bonds. The first-order chi connectivity index (χ1) is 19.1. The average molecular weight is 556 g/mol. The third-order valence-electron chi connectivity index (χ3n) is 6.16. The number of aromatic nitrogens is 7. The molecular formula is C25H20F4N8O3. The van der Waals surface area contributed by atoms with Crippen molar-refractivity contribution in [2.75, 3.05) is 5.32 Å². The Balaban J connectivity index is 1.22. The van der Waals surface area contributed by atoms with Gasteiger partial charge in [0.05, 0.1) is 6.20 Å². The number of ether oxygens (including phenoxy) is 2. The lowest BCUT2D eigenvalue weighted by atomic mass is 10.1. The Morgan fingerprint density at radius 1 is 1.10 bits per heavy atom. The van der Waals surface area contributed by atoms with Crippen LogP contribution in [0, 0.1) is 5.82 Å².